The molecule has 0 atom stereocenters. The van der Waals surface area contributed by atoms with E-state index in [0.29, 0.717) is 19.3 Å². The van der Waals surface area contributed by atoms with Crippen LogP contribution in [0.4, 0.5) is 0 Å². The molecule has 118 valence electrons. The average Bonchev–Trinajstić information content (AvgIpc) is 3.28. The average molecular weight is 309 g/mol. The van der Waals surface area contributed by atoms with Gasteiger partial charge in [-0.1, -0.05) is 36.4 Å². The number of ether oxygens (including phenoxy) is 2. The van der Waals surface area contributed by atoms with Crippen molar-refractivity contribution in [1.82, 2.24) is 5.48 Å². The molecule has 0 radical (unpaired) electrons. The first-order valence-corrected chi connectivity index (χ1v) is 7.92. The fraction of sp³-hybridized carbons (Fsp3) is 0.263. The van der Waals surface area contributed by atoms with Crippen LogP contribution in [0.25, 0.3) is 5.70 Å². The van der Waals surface area contributed by atoms with E-state index in [0.717, 1.165) is 28.3 Å². The minimum absolute atomic E-state index is 0.290. The first-order valence-electron chi connectivity index (χ1n) is 7.92. The summed E-state index contributed by atoms with van der Waals surface area (Å²) < 4.78 is 10.8. The third kappa shape index (κ3) is 3.48. The minimum Gasteiger partial charge on any atom is -0.454 e. The number of hydroxylamine groups is 1. The maximum atomic E-state index is 5.69. The molecule has 23 heavy (non-hydrogen) atoms. The number of fused-ring (bicyclic) bond motifs is 1. The van der Waals surface area contributed by atoms with Gasteiger partial charge in [-0.15, -0.1) is 0 Å². The van der Waals surface area contributed by atoms with E-state index in [-0.39, 0.29) is 0 Å². The molecule has 2 aromatic rings. The Morgan fingerprint density at radius 3 is 2.74 bits per heavy atom. The van der Waals surface area contributed by atoms with Gasteiger partial charge in [-0.3, -0.25) is 10.3 Å². The van der Waals surface area contributed by atoms with Crippen LogP contribution < -0.4 is 15.0 Å². The molecule has 1 heterocycles. The Labute approximate surface area is 135 Å². The van der Waals surface area contributed by atoms with Crippen molar-refractivity contribution in [2.24, 2.45) is 5.92 Å². The summed E-state index contributed by atoms with van der Waals surface area (Å²) in [6.07, 6.45) is 4.73. The van der Waals surface area contributed by atoms with Crippen LogP contribution in [-0.4, -0.2) is 6.79 Å². The molecule has 0 amide bonds. The van der Waals surface area contributed by atoms with Crippen LogP contribution in [-0.2, 0) is 11.4 Å². The summed E-state index contributed by atoms with van der Waals surface area (Å²) in [4.78, 5) is 5.69. The first kappa shape index (κ1) is 14.2. The smallest absolute Gasteiger partial charge is 0.231 e. The third-order valence-corrected chi connectivity index (χ3v) is 3.97. The van der Waals surface area contributed by atoms with E-state index in [1.54, 1.807) is 0 Å². The second-order valence-electron chi connectivity index (χ2n) is 5.86. The van der Waals surface area contributed by atoms with E-state index in [1.165, 1.54) is 12.8 Å². The zero-order valence-electron chi connectivity index (χ0n) is 12.8. The Morgan fingerprint density at radius 2 is 1.91 bits per heavy atom. The van der Waals surface area contributed by atoms with E-state index < -0.39 is 0 Å². The summed E-state index contributed by atoms with van der Waals surface area (Å²) in [6, 6.07) is 16.1. The maximum absolute atomic E-state index is 5.69. The van der Waals surface area contributed by atoms with E-state index in [4.69, 9.17) is 14.3 Å². The Morgan fingerprint density at radius 1 is 1.09 bits per heavy atom. The van der Waals surface area contributed by atoms with Gasteiger partial charge in [-0.2, -0.15) is 0 Å². The molecule has 4 rings (SSSR count). The lowest BCUT2D eigenvalue weighted by molar-refractivity contribution is 0.0644. The molecule has 4 heteroatoms. The summed E-state index contributed by atoms with van der Waals surface area (Å²) in [7, 11) is 0. The monoisotopic (exact) mass is 309 g/mol. The van der Waals surface area contributed by atoms with Gasteiger partial charge in [-0.25, -0.2) is 0 Å². The topological polar surface area (TPSA) is 39.7 Å². The van der Waals surface area contributed by atoms with Crippen molar-refractivity contribution in [2.75, 3.05) is 6.79 Å². The molecule has 2 aromatic carbocycles. The van der Waals surface area contributed by atoms with Crippen molar-refractivity contribution in [3.05, 3.63) is 65.7 Å². The zero-order chi connectivity index (χ0) is 15.5. The fourth-order valence-corrected chi connectivity index (χ4v) is 2.52. The van der Waals surface area contributed by atoms with E-state index in [1.807, 2.05) is 48.5 Å². The largest absolute Gasteiger partial charge is 0.454 e. The molecule has 1 N–H and O–H groups in total. The lowest BCUT2D eigenvalue weighted by Crippen LogP contribution is -2.13. The van der Waals surface area contributed by atoms with Gasteiger partial charge in [-0.05, 0) is 42.5 Å². The lowest BCUT2D eigenvalue weighted by atomic mass is 10.1. The summed E-state index contributed by atoms with van der Waals surface area (Å²) in [5, 5.41) is 0. The molecule has 1 saturated carbocycles. The third-order valence-electron chi connectivity index (χ3n) is 3.97. The highest BCUT2D eigenvalue weighted by Crippen LogP contribution is 2.36. The summed E-state index contributed by atoms with van der Waals surface area (Å²) >= 11 is 0. The Hall–Kier alpha value is -2.46. The van der Waals surface area contributed by atoms with E-state index in [9.17, 15) is 0 Å². The molecule has 1 aliphatic carbocycles. The normalized spacial score (nSPS) is 16.4. The molecule has 0 unspecified atom stereocenters. The highest BCUT2D eigenvalue weighted by atomic mass is 16.7. The molecule has 0 spiro atoms. The van der Waals surface area contributed by atoms with Gasteiger partial charge >= 0.3 is 0 Å². The summed E-state index contributed by atoms with van der Waals surface area (Å²) in [6.45, 7) is 0.811. The van der Waals surface area contributed by atoms with Crippen molar-refractivity contribution >= 4 is 5.70 Å². The molecule has 0 saturated heterocycles. The highest BCUT2D eigenvalue weighted by molar-refractivity contribution is 5.67. The first-order chi connectivity index (χ1) is 11.4. The molecule has 4 nitrogen and oxygen atoms in total. The lowest BCUT2D eigenvalue weighted by Gasteiger charge is -2.12. The number of hydrogen-bond acceptors (Lipinski definition) is 4. The fourth-order valence-electron chi connectivity index (χ4n) is 2.52. The Bertz CT molecular complexity index is 708. The highest BCUT2D eigenvalue weighted by Gasteiger charge is 2.21. The van der Waals surface area contributed by atoms with Crippen molar-refractivity contribution in [2.45, 2.75) is 19.4 Å². The quantitative estimate of drug-likeness (QED) is 0.822. The predicted octanol–water partition coefficient (Wildman–Crippen LogP) is 3.89. The predicted molar refractivity (Wildman–Crippen MR) is 87.6 cm³/mol. The zero-order valence-corrected chi connectivity index (χ0v) is 12.8. The molecule has 1 fully saturated rings. The van der Waals surface area contributed by atoms with Crippen LogP contribution in [0.3, 0.4) is 0 Å². The van der Waals surface area contributed by atoms with Crippen LogP contribution in [0, 0.1) is 5.92 Å². The van der Waals surface area contributed by atoms with E-state index in [2.05, 4.69) is 11.6 Å². The van der Waals surface area contributed by atoms with Crippen LogP contribution in [0.5, 0.6) is 11.5 Å². The standard InChI is InChI=1S/C19H19NO3/c1-2-4-15(5-3-1)12-23-20-17(10-14-6-7-14)16-8-9-18-19(11-16)22-13-21-18/h1-5,8-11,14,20H,6-7,12-13H2. The summed E-state index contributed by atoms with van der Waals surface area (Å²) in [5.74, 6) is 2.22. The maximum Gasteiger partial charge on any atom is 0.231 e. The van der Waals surface area contributed by atoms with Gasteiger partial charge < -0.3 is 9.47 Å². The van der Waals surface area contributed by atoms with Crippen molar-refractivity contribution in [1.29, 1.82) is 0 Å². The van der Waals surface area contributed by atoms with Crippen molar-refractivity contribution < 1.29 is 14.3 Å². The van der Waals surface area contributed by atoms with Gasteiger partial charge in [0.25, 0.3) is 0 Å². The molecular weight excluding hydrogens is 290 g/mol. The molecule has 0 aromatic heterocycles. The molecule has 0 bridgehead atoms. The number of allylic oxidation sites excluding steroid dienone is 1. The van der Waals surface area contributed by atoms with Crippen LogP contribution >= 0.6 is 0 Å². The molecular formula is C19H19NO3. The Balaban J connectivity index is 1.47. The SMILES string of the molecule is C(=C(NOCc1ccccc1)c1ccc2c(c1)OCO2)C1CC1. The van der Waals surface area contributed by atoms with Gasteiger partial charge in [0.15, 0.2) is 11.5 Å². The molecule has 2 aliphatic rings. The number of rotatable bonds is 6. The minimum atomic E-state index is 0.290. The van der Waals surface area contributed by atoms with E-state index >= 15 is 0 Å². The van der Waals surface area contributed by atoms with Crippen LogP contribution in [0.1, 0.15) is 24.0 Å². The van der Waals surface area contributed by atoms with Gasteiger partial charge in [0.2, 0.25) is 6.79 Å². The second kappa shape index (κ2) is 6.34. The van der Waals surface area contributed by atoms with Crippen LogP contribution in [0.15, 0.2) is 54.6 Å². The van der Waals surface area contributed by atoms with Gasteiger partial charge in [0, 0.05) is 5.56 Å². The van der Waals surface area contributed by atoms with Gasteiger partial charge in [0.1, 0.15) is 0 Å². The second-order valence-corrected chi connectivity index (χ2v) is 5.86. The van der Waals surface area contributed by atoms with Gasteiger partial charge in [0.05, 0.1) is 12.3 Å². The molecule has 1 aliphatic heterocycles. The number of hydrogen-bond donors (Lipinski definition) is 1. The number of benzene rings is 2. The van der Waals surface area contributed by atoms with Crippen LogP contribution in [0.2, 0.25) is 0 Å². The number of nitrogens with one attached hydrogen (secondary N) is 1. The summed E-state index contributed by atoms with van der Waals surface area (Å²) in [5.41, 5.74) is 6.29. The van der Waals surface area contributed by atoms with Crippen molar-refractivity contribution in [3.8, 4) is 11.5 Å². The van der Waals surface area contributed by atoms with Crippen molar-refractivity contribution in [3.63, 3.8) is 0 Å². The Kier molecular flexibility index (Phi) is 3.90.